The van der Waals surface area contributed by atoms with Gasteiger partial charge in [-0.05, 0) is 40.2 Å². The van der Waals surface area contributed by atoms with Crippen LogP contribution in [0.4, 0.5) is 11.5 Å². The quantitative estimate of drug-likeness (QED) is 0.855. The van der Waals surface area contributed by atoms with E-state index < -0.39 is 0 Å². The van der Waals surface area contributed by atoms with Gasteiger partial charge in [-0.2, -0.15) is 5.26 Å². The highest BCUT2D eigenvalue weighted by Crippen LogP contribution is 2.29. The Balaban J connectivity index is 2.36. The molecule has 1 aromatic carbocycles. The maximum absolute atomic E-state index is 8.90. The van der Waals surface area contributed by atoms with Crippen LogP contribution in [0.25, 0.3) is 0 Å². The summed E-state index contributed by atoms with van der Waals surface area (Å²) >= 11 is 9.28. The molecule has 0 atom stereocenters. The van der Waals surface area contributed by atoms with E-state index in [2.05, 4.69) is 26.2 Å². The fourth-order valence-corrected chi connectivity index (χ4v) is 2.04. The van der Waals surface area contributed by atoms with Crippen LogP contribution in [0.1, 0.15) is 5.56 Å². The lowest BCUT2D eigenvalue weighted by Crippen LogP contribution is -1.96. The molecular formula is C13H9BrClN3O. The third-order valence-electron chi connectivity index (χ3n) is 2.36. The van der Waals surface area contributed by atoms with Crippen molar-refractivity contribution in [3.8, 4) is 11.8 Å². The topological polar surface area (TPSA) is 57.9 Å². The van der Waals surface area contributed by atoms with E-state index >= 15 is 0 Å². The molecule has 0 saturated carbocycles. The molecule has 1 aromatic heterocycles. The molecule has 0 unspecified atom stereocenters. The number of hydrogen-bond donors (Lipinski definition) is 1. The standard InChI is InChI=1S/C13H9BrClN3O/c1-19-9-2-3-10(14)11(6-9)17-13-5-8(7-16)4-12(15)18-13/h2-6H,1H3,(H,17,18). The van der Waals surface area contributed by atoms with Gasteiger partial charge in [0.2, 0.25) is 0 Å². The highest BCUT2D eigenvalue weighted by atomic mass is 79.9. The zero-order valence-electron chi connectivity index (χ0n) is 9.95. The first-order valence-corrected chi connectivity index (χ1v) is 6.47. The summed E-state index contributed by atoms with van der Waals surface area (Å²) in [5.41, 5.74) is 1.22. The number of anilines is 2. The van der Waals surface area contributed by atoms with Crippen LogP contribution < -0.4 is 10.1 Å². The number of methoxy groups -OCH3 is 1. The van der Waals surface area contributed by atoms with E-state index in [1.54, 1.807) is 13.2 Å². The Morgan fingerprint density at radius 1 is 1.37 bits per heavy atom. The maximum atomic E-state index is 8.90. The predicted octanol–water partition coefficient (Wildman–Crippen LogP) is 4.12. The van der Waals surface area contributed by atoms with Gasteiger partial charge >= 0.3 is 0 Å². The smallest absolute Gasteiger partial charge is 0.133 e. The first-order valence-electron chi connectivity index (χ1n) is 5.30. The molecule has 0 aliphatic carbocycles. The molecule has 1 heterocycles. The van der Waals surface area contributed by atoms with Crippen LogP contribution in [0.2, 0.25) is 5.15 Å². The number of benzene rings is 1. The minimum atomic E-state index is 0.264. The van der Waals surface area contributed by atoms with E-state index in [0.29, 0.717) is 17.1 Å². The first kappa shape index (κ1) is 13.7. The van der Waals surface area contributed by atoms with E-state index in [0.717, 1.165) is 10.2 Å². The van der Waals surface area contributed by atoms with Crippen LogP contribution in [-0.2, 0) is 0 Å². The zero-order valence-corrected chi connectivity index (χ0v) is 12.3. The summed E-state index contributed by atoms with van der Waals surface area (Å²) in [6.45, 7) is 0. The molecule has 1 N–H and O–H groups in total. The average molecular weight is 339 g/mol. The van der Waals surface area contributed by atoms with Crippen molar-refractivity contribution in [2.45, 2.75) is 0 Å². The van der Waals surface area contributed by atoms with Crippen molar-refractivity contribution in [2.24, 2.45) is 0 Å². The molecule has 2 aromatic rings. The summed E-state index contributed by atoms with van der Waals surface area (Å²) in [5, 5.41) is 12.2. The molecule has 0 amide bonds. The number of hydrogen-bond acceptors (Lipinski definition) is 4. The van der Waals surface area contributed by atoms with Gasteiger partial charge in [0, 0.05) is 10.5 Å². The minimum absolute atomic E-state index is 0.264. The SMILES string of the molecule is COc1ccc(Br)c(Nc2cc(C#N)cc(Cl)n2)c1. The molecule has 0 aliphatic rings. The second-order valence-corrected chi connectivity index (χ2v) is 4.89. The van der Waals surface area contributed by atoms with Crippen molar-refractivity contribution >= 4 is 39.0 Å². The Kier molecular flexibility index (Phi) is 4.25. The van der Waals surface area contributed by atoms with Crippen LogP contribution in [0.3, 0.4) is 0 Å². The Morgan fingerprint density at radius 3 is 2.84 bits per heavy atom. The van der Waals surface area contributed by atoms with Crippen LogP contribution in [-0.4, -0.2) is 12.1 Å². The number of pyridine rings is 1. The molecule has 0 radical (unpaired) electrons. The van der Waals surface area contributed by atoms with Gasteiger partial charge in [-0.25, -0.2) is 4.98 Å². The van der Waals surface area contributed by atoms with Gasteiger partial charge in [0.05, 0.1) is 24.4 Å². The Bertz CT molecular complexity index is 655. The van der Waals surface area contributed by atoms with Gasteiger partial charge < -0.3 is 10.1 Å². The molecular weight excluding hydrogens is 330 g/mol. The van der Waals surface area contributed by atoms with E-state index in [1.165, 1.54) is 6.07 Å². The van der Waals surface area contributed by atoms with Gasteiger partial charge in [-0.1, -0.05) is 11.6 Å². The van der Waals surface area contributed by atoms with Crippen molar-refractivity contribution < 1.29 is 4.74 Å². The molecule has 0 fully saturated rings. The van der Waals surface area contributed by atoms with E-state index in [1.807, 2.05) is 24.3 Å². The summed E-state index contributed by atoms with van der Waals surface area (Å²) < 4.78 is 6.01. The number of aromatic nitrogens is 1. The van der Waals surface area contributed by atoms with Crippen LogP contribution in [0, 0.1) is 11.3 Å². The summed E-state index contributed by atoms with van der Waals surface area (Å²) in [4.78, 5) is 4.12. The number of nitriles is 1. The molecule has 4 nitrogen and oxygen atoms in total. The third kappa shape index (κ3) is 3.37. The second-order valence-electron chi connectivity index (χ2n) is 3.65. The first-order chi connectivity index (χ1) is 9.12. The van der Waals surface area contributed by atoms with Crippen molar-refractivity contribution in [2.75, 3.05) is 12.4 Å². The largest absolute Gasteiger partial charge is 0.497 e. The Hall–Kier alpha value is -1.77. The van der Waals surface area contributed by atoms with Gasteiger partial charge in [0.15, 0.2) is 0 Å². The molecule has 2 rings (SSSR count). The van der Waals surface area contributed by atoms with Crippen molar-refractivity contribution in [3.63, 3.8) is 0 Å². The molecule has 0 aliphatic heterocycles. The minimum Gasteiger partial charge on any atom is -0.497 e. The summed E-state index contributed by atoms with van der Waals surface area (Å²) in [6.07, 6.45) is 0. The molecule has 19 heavy (non-hydrogen) atoms. The monoisotopic (exact) mass is 337 g/mol. The summed E-state index contributed by atoms with van der Waals surface area (Å²) in [6, 6.07) is 10.7. The molecule has 6 heteroatoms. The number of ether oxygens (including phenoxy) is 1. The number of rotatable bonds is 3. The third-order valence-corrected chi connectivity index (χ3v) is 3.24. The average Bonchev–Trinajstić information content (AvgIpc) is 2.40. The van der Waals surface area contributed by atoms with Gasteiger partial charge in [-0.3, -0.25) is 0 Å². The van der Waals surface area contributed by atoms with Crippen LogP contribution in [0.5, 0.6) is 5.75 Å². The highest BCUT2D eigenvalue weighted by molar-refractivity contribution is 9.10. The molecule has 0 saturated heterocycles. The van der Waals surface area contributed by atoms with E-state index in [4.69, 9.17) is 21.6 Å². The fourth-order valence-electron chi connectivity index (χ4n) is 1.49. The van der Waals surface area contributed by atoms with Crippen LogP contribution >= 0.6 is 27.5 Å². The lowest BCUT2D eigenvalue weighted by molar-refractivity contribution is 0.415. The van der Waals surface area contributed by atoms with Gasteiger partial charge in [0.25, 0.3) is 0 Å². The van der Waals surface area contributed by atoms with Crippen LogP contribution in [0.15, 0.2) is 34.8 Å². The maximum Gasteiger partial charge on any atom is 0.133 e. The van der Waals surface area contributed by atoms with E-state index in [-0.39, 0.29) is 5.15 Å². The van der Waals surface area contributed by atoms with Crippen molar-refractivity contribution in [1.82, 2.24) is 4.98 Å². The number of nitrogens with one attached hydrogen (secondary N) is 1. The number of nitrogens with zero attached hydrogens (tertiary/aromatic N) is 2. The van der Waals surface area contributed by atoms with Gasteiger partial charge in [-0.15, -0.1) is 0 Å². The normalized spacial score (nSPS) is 9.79. The Labute approximate surface area is 124 Å². The molecule has 96 valence electrons. The van der Waals surface area contributed by atoms with E-state index in [9.17, 15) is 0 Å². The van der Waals surface area contributed by atoms with Crippen molar-refractivity contribution in [1.29, 1.82) is 5.26 Å². The predicted molar refractivity (Wildman–Crippen MR) is 77.9 cm³/mol. The summed E-state index contributed by atoms with van der Waals surface area (Å²) in [5.74, 6) is 1.21. The lowest BCUT2D eigenvalue weighted by Gasteiger charge is -2.10. The summed E-state index contributed by atoms with van der Waals surface area (Å²) in [7, 11) is 1.60. The second kappa shape index (κ2) is 5.91. The molecule has 0 bridgehead atoms. The number of halogens is 2. The van der Waals surface area contributed by atoms with Crippen molar-refractivity contribution in [3.05, 3.63) is 45.5 Å². The fraction of sp³-hybridized carbons (Fsp3) is 0.0769. The lowest BCUT2D eigenvalue weighted by atomic mass is 10.2. The van der Waals surface area contributed by atoms with Gasteiger partial charge in [0.1, 0.15) is 16.7 Å². The zero-order chi connectivity index (χ0) is 13.8. The molecule has 0 spiro atoms. The highest BCUT2D eigenvalue weighted by Gasteiger charge is 2.06. The Morgan fingerprint density at radius 2 is 2.16 bits per heavy atom.